The van der Waals surface area contributed by atoms with Crippen LogP contribution in [0.3, 0.4) is 0 Å². The number of allylic oxidation sites excluding steroid dienone is 1. The Morgan fingerprint density at radius 2 is 2.04 bits per heavy atom. The summed E-state index contributed by atoms with van der Waals surface area (Å²) >= 11 is 6.53. The molecule has 6 aliphatic rings. The van der Waals surface area contributed by atoms with Gasteiger partial charge in [0.2, 0.25) is 0 Å². The number of halogens is 1. The number of piperazine rings is 1. The van der Waals surface area contributed by atoms with Crippen molar-refractivity contribution in [3.8, 4) is 5.75 Å². The van der Waals surface area contributed by atoms with Crippen LogP contribution in [0.15, 0.2) is 42.5 Å². The minimum atomic E-state index is -3.02. The first-order valence-electron chi connectivity index (χ1n) is 20.7. The lowest BCUT2D eigenvalue weighted by molar-refractivity contribution is -0.108. The average molecular weight is 795 g/mol. The molecule has 2 aromatic rings. The Labute approximate surface area is 333 Å². The third kappa shape index (κ3) is 7.70. The minimum Gasteiger partial charge on any atom is -0.489 e. The summed E-state index contributed by atoms with van der Waals surface area (Å²) in [5, 5.41) is 0.458. The molecule has 1 aromatic carbocycles. The lowest BCUT2D eigenvalue weighted by atomic mass is 9.63. The first-order chi connectivity index (χ1) is 26.5. The van der Waals surface area contributed by atoms with Gasteiger partial charge in [-0.05, 0) is 104 Å². The maximum absolute atomic E-state index is 14.4. The number of hydrogen-bond acceptors (Lipinski definition) is 9. The molecule has 0 radical (unpaired) electrons. The van der Waals surface area contributed by atoms with Crippen molar-refractivity contribution >= 4 is 38.9 Å². The van der Waals surface area contributed by atoms with Crippen LogP contribution in [0.1, 0.15) is 80.4 Å². The zero-order valence-electron chi connectivity index (χ0n) is 33.0. The minimum absolute atomic E-state index is 0.0254. The van der Waals surface area contributed by atoms with Gasteiger partial charge in [0.15, 0.2) is 11.6 Å². The molecule has 1 N–H and O–H groups in total. The summed E-state index contributed by atoms with van der Waals surface area (Å²) in [5.74, 6) is 5.68. The highest BCUT2D eigenvalue weighted by Crippen LogP contribution is 2.49. The Bertz CT molecular complexity index is 1880. The number of methoxy groups -OCH3 is 1. The van der Waals surface area contributed by atoms with E-state index in [4.69, 9.17) is 30.8 Å². The van der Waals surface area contributed by atoms with Crippen molar-refractivity contribution in [2.45, 2.75) is 87.5 Å². The Hall–Kier alpha value is -2.67. The smallest absolute Gasteiger partial charge is 0.281 e. The molecule has 5 heterocycles. The number of rotatable bonds is 5. The van der Waals surface area contributed by atoms with Crippen molar-refractivity contribution in [2.24, 2.45) is 17.8 Å². The topological polar surface area (TPSA) is 96.5 Å². The SMILES string of the molecule is C=S1(=O)NC(=O)c2ccc3c(n2)N(C[C@@H]2CC[C@H]2[C@@](CN2CCN4CCOC[C@@H]4C2)(OC)/C=C/C[C@H](C)[C@H]1CCC)C[C@@]1(CCCc2cc(Cl)ccc21)CO3. The van der Waals surface area contributed by atoms with Gasteiger partial charge in [0.1, 0.15) is 11.3 Å². The van der Waals surface area contributed by atoms with Crippen LogP contribution in [0.4, 0.5) is 5.82 Å². The highest BCUT2D eigenvalue weighted by molar-refractivity contribution is 7.99. The third-order valence-corrected chi connectivity index (χ3v) is 16.3. The van der Waals surface area contributed by atoms with Gasteiger partial charge < -0.3 is 19.1 Å². The number of nitrogens with zero attached hydrogens (tertiary/aromatic N) is 4. The molecule has 1 amide bonds. The van der Waals surface area contributed by atoms with Crippen molar-refractivity contribution in [1.82, 2.24) is 19.5 Å². The number of ether oxygens (including phenoxy) is 3. The van der Waals surface area contributed by atoms with E-state index in [1.165, 1.54) is 11.1 Å². The van der Waals surface area contributed by atoms with Crippen LogP contribution in [-0.4, -0.2) is 120 Å². The predicted molar refractivity (Wildman–Crippen MR) is 221 cm³/mol. The molecule has 10 nitrogen and oxygen atoms in total. The molecule has 1 saturated carbocycles. The van der Waals surface area contributed by atoms with E-state index in [0.717, 1.165) is 96.0 Å². The molecule has 2 bridgehead atoms. The van der Waals surface area contributed by atoms with Crippen molar-refractivity contribution in [2.75, 3.05) is 77.6 Å². The summed E-state index contributed by atoms with van der Waals surface area (Å²) in [6.45, 7) is 12.6. The number of hydrogen-bond donors (Lipinski definition) is 1. The molecule has 300 valence electrons. The number of morpholine rings is 1. The fourth-order valence-corrected chi connectivity index (χ4v) is 13.0. The number of amides is 1. The summed E-state index contributed by atoms with van der Waals surface area (Å²) in [6.07, 6.45) is 12.0. The normalized spacial score (nSPS) is 36.3. The van der Waals surface area contributed by atoms with Crippen LogP contribution >= 0.6 is 11.6 Å². The molecule has 1 unspecified atom stereocenters. The lowest BCUT2D eigenvalue weighted by Crippen LogP contribution is -2.62. The zero-order chi connectivity index (χ0) is 38.4. The molecule has 2 saturated heterocycles. The summed E-state index contributed by atoms with van der Waals surface area (Å²) in [7, 11) is -1.13. The Morgan fingerprint density at radius 3 is 2.84 bits per heavy atom. The van der Waals surface area contributed by atoms with E-state index >= 15 is 0 Å². The van der Waals surface area contributed by atoms with Crippen LogP contribution in [-0.2, 0) is 31.0 Å². The van der Waals surface area contributed by atoms with Crippen molar-refractivity contribution in [1.29, 1.82) is 0 Å². The van der Waals surface area contributed by atoms with Crippen LogP contribution in [0.2, 0.25) is 5.02 Å². The van der Waals surface area contributed by atoms with Gasteiger partial charge in [0.25, 0.3) is 5.91 Å². The quantitative estimate of drug-likeness (QED) is 0.300. The van der Waals surface area contributed by atoms with Gasteiger partial charge in [-0.25, -0.2) is 9.19 Å². The van der Waals surface area contributed by atoms with E-state index < -0.39 is 21.2 Å². The number of carbonyl (C=O) groups excluding carboxylic acids is 1. The van der Waals surface area contributed by atoms with Crippen molar-refractivity contribution in [3.63, 3.8) is 0 Å². The first kappa shape index (κ1) is 39.2. The van der Waals surface area contributed by atoms with Gasteiger partial charge in [-0.15, -0.1) is 0 Å². The summed E-state index contributed by atoms with van der Waals surface area (Å²) in [6, 6.07) is 10.3. The van der Waals surface area contributed by atoms with E-state index in [2.05, 4.69) is 63.4 Å². The molecule has 3 fully saturated rings. The highest BCUT2D eigenvalue weighted by atomic mass is 35.5. The second-order valence-corrected chi connectivity index (χ2v) is 20.0. The maximum atomic E-state index is 14.4. The molecule has 8 rings (SSSR count). The molecular weight excluding hydrogens is 734 g/mol. The van der Waals surface area contributed by atoms with Gasteiger partial charge >= 0.3 is 0 Å². The molecule has 1 spiro atoms. The van der Waals surface area contributed by atoms with E-state index in [9.17, 15) is 9.00 Å². The standard InChI is InChI=1S/C43H60ClN5O5S/c1-5-8-39-30(2)9-6-18-43(52-3,28-47-19-20-48-21-22-53-26-34(48)25-47)36-13-11-32(36)24-49-27-42(17-7-10-31-23-33(44)12-14-35(31)42)29-54-38-16-15-37(45-40(38)49)41(50)46-55(39,4)51/h6,12,14-16,18,23,30,32,34,36,39H,4-5,7-11,13,17,19-22,24-29H2,1-3H3,(H,46,50,51)/b18-6+/t30-,32-,34-,36+,39+,42-,43+,55?/m0/s1. The first-order valence-corrected chi connectivity index (χ1v) is 22.8. The maximum Gasteiger partial charge on any atom is 0.281 e. The number of pyridine rings is 1. The molecular formula is C43H60ClN5O5S. The molecule has 1 aromatic heterocycles. The number of benzene rings is 1. The Morgan fingerprint density at radius 1 is 1.16 bits per heavy atom. The largest absolute Gasteiger partial charge is 0.489 e. The highest BCUT2D eigenvalue weighted by Gasteiger charge is 2.50. The number of carbonyl (C=O) groups is 1. The Balaban J connectivity index is 1.20. The van der Waals surface area contributed by atoms with Crippen molar-refractivity contribution in [3.05, 3.63) is 64.3 Å². The van der Waals surface area contributed by atoms with Crippen LogP contribution in [0.5, 0.6) is 5.75 Å². The summed E-state index contributed by atoms with van der Waals surface area (Å²) in [4.78, 5) is 26.6. The van der Waals surface area contributed by atoms with Crippen LogP contribution < -0.4 is 14.4 Å². The van der Waals surface area contributed by atoms with Gasteiger partial charge in [-0.3, -0.25) is 19.3 Å². The lowest BCUT2D eigenvalue weighted by Gasteiger charge is -2.53. The number of aryl methyl sites for hydroxylation is 1. The summed E-state index contributed by atoms with van der Waals surface area (Å²) in [5.41, 5.74) is 2.02. The van der Waals surface area contributed by atoms with Crippen LogP contribution in [0, 0.1) is 17.8 Å². The average Bonchev–Trinajstić information content (AvgIpc) is 3.31. The van der Waals surface area contributed by atoms with Gasteiger partial charge in [-0.2, -0.15) is 0 Å². The molecule has 8 atom stereocenters. The van der Waals surface area contributed by atoms with Gasteiger partial charge in [0.05, 0.1) is 29.5 Å². The second-order valence-electron chi connectivity index (χ2n) is 17.3. The summed E-state index contributed by atoms with van der Waals surface area (Å²) < 4.78 is 36.8. The van der Waals surface area contributed by atoms with Gasteiger partial charge in [-0.1, -0.05) is 50.1 Å². The van der Waals surface area contributed by atoms with Crippen molar-refractivity contribution < 1.29 is 23.2 Å². The Kier molecular flexibility index (Phi) is 11.3. The number of anilines is 1. The van der Waals surface area contributed by atoms with E-state index in [0.29, 0.717) is 49.5 Å². The predicted octanol–water partition coefficient (Wildman–Crippen LogP) is 5.76. The zero-order valence-corrected chi connectivity index (χ0v) is 34.6. The van der Waals surface area contributed by atoms with E-state index in [-0.39, 0.29) is 28.2 Å². The van der Waals surface area contributed by atoms with E-state index in [1.54, 1.807) is 6.07 Å². The number of aromatic nitrogens is 1. The third-order valence-electron chi connectivity index (χ3n) is 13.9. The molecule has 4 aliphatic heterocycles. The van der Waals surface area contributed by atoms with Crippen LogP contribution in [0.25, 0.3) is 0 Å². The fourth-order valence-electron chi connectivity index (χ4n) is 10.8. The second kappa shape index (κ2) is 15.9. The molecule has 2 aliphatic carbocycles. The number of fused-ring (bicyclic) bond motifs is 5. The molecule has 12 heteroatoms. The van der Waals surface area contributed by atoms with E-state index in [1.807, 2.05) is 19.2 Å². The molecule has 55 heavy (non-hydrogen) atoms. The fraction of sp³-hybridized carbons (Fsp3) is 0.651. The monoisotopic (exact) mass is 793 g/mol. The number of nitrogens with one attached hydrogen (secondary N) is 1. The van der Waals surface area contributed by atoms with Gasteiger partial charge in [0, 0.05) is 74.7 Å².